The molecule has 0 radical (unpaired) electrons. The maximum atomic E-state index is 4.65. The maximum Gasteiger partial charge on any atom is 0.191 e. The fraction of sp³-hybridized carbons (Fsp3) is 0.529. The molecule has 0 saturated heterocycles. The zero-order valence-corrected chi connectivity index (χ0v) is 15.9. The van der Waals surface area contributed by atoms with Gasteiger partial charge in [0.25, 0.3) is 0 Å². The second-order valence-electron chi connectivity index (χ2n) is 5.82. The molecular weight excluding hydrogens is 324 g/mol. The number of guanidine groups is 1. The van der Waals surface area contributed by atoms with E-state index in [1.54, 1.807) is 22.7 Å². The van der Waals surface area contributed by atoms with Gasteiger partial charge < -0.3 is 10.6 Å². The second kappa shape index (κ2) is 9.03. The van der Waals surface area contributed by atoms with Crippen LogP contribution in [0.25, 0.3) is 0 Å². The van der Waals surface area contributed by atoms with Crippen LogP contribution in [0.15, 0.2) is 27.9 Å². The summed E-state index contributed by atoms with van der Waals surface area (Å²) >= 11 is 3.52. The Hall–Kier alpha value is -1.40. The van der Waals surface area contributed by atoms with E-state index in [1.807, 2.05) is 0 Å². The van der Waals surface area contributed by atoms with Crippen molar-refractivity contribution in [2.75, 3.05) is 13.1 Å². The molecule has 0 amide bonds. The zero-order chi connectivity index (χ0) is 16.7. The van der Waals surface area contributed by atoms with Gasteiger partial charge in [-0.2, -0.15) is 0 Å². The van der Waals surface area contributed by atoms with Crippen LogP contribution >= 0.6 is 22.7 Å². The van der Waals surface area contributed by atoms with Crippen molar-refractivity contribution in [1.29, 1.82) is 0 Å². The number of rotatable bonds is 7. The number of aliphatic imine (C=N–C) groups is 1. The molecule has 6 heteroatoms. The van der Waals surface area contributed by atoms with Crippen molar-refractivity contribution in [3.8, 4) is 0 Å². The topological polar surface area (TPSA) is 49.3 Å². The van der Waals surface area contributed by atoms with Crippen LogP contribution in [0.4, 0.5) is 0 Å². The fourth-order valence-electron chi connectivity index (χ4n) is 2.08. The molecule has 0 saturated carbocycles. The Kier molecular flexibility index (Phi) is 7.05. The summed E-state index contributed by atoms with van der Waals surface area (Å²) in [4.78, 5) is 10.7. The first-order chi connectivity index (χ1) is 11.1. The number of hydrogen-bond donors (Lipinski definition) is 2. The molecule has 23 heavy (non-hydrogen) atoms. The quantitative estimate of drug-likeness (QED) is 0.581. The van der Waals surface area contributed by atoms with Crippen LogP contribution in [0.5, 0.6) is 0 Å². The van der Waals surface area contributed by atoms with E-state index in [0.717, 1.165) is 24.7 Å². The third kappa shape index (κ3) is 5.62. The summed E-state index contributed by atoms with van der Waals surface area (Å²) in [5, 5.41) is 12.1. The van der Waals surface area contributed by atoms with E-state index in [-0.39, 0.29) is 0 Å². The van der Waals surface area contributed by atoms with Gasteiger partial charge in [-0.1, -0.05) is 26.8 Å². The van der Waals surface area contributed by atoms with Gasteiger partial charge in [-0.25, -0.2) is 9.98 Å². The van der Waals surface area contributed by atoms with Crippen LogP contribution < -0.4 is 10.6 Å². The molecule has 2 aromatic rings. The minimum atomic E-state index is 0.477. The maximum absolute atomic E-state index is 4.65. The van der Waals surface area contributed by atoms with Gasteiger partial charge in [0, 0.05) is 35.2 Å². The molecular formula is C17H26N4S2. The summed E-state index contributed by atoms with van der Waals surface area (Å²) in [7, 11) is 0. The summed E-state index contributed by atoms with van der Waals surface area (Å²) in [6.07, 6.45) is 0. The Bertz CT molecular complexity index is 602. The van der Waals surface area contributed by atoms with Crippen LogP contribution in [-0.2, 0) is 6.54 Å². The monoisotopic (exact) mass is 350 g/mol. The minimum absolute atomic E-state index is 0.477. The lowest BCUT2D eigenvalue weighted by atomic mass is 10.1. The standard InChI is InChI=1S/C17H26N4S2/c1-5-18-17(19-9-13(4)15-7-6-8-22-15)20-10-14-11-23-16(21-14)12(2)3/h6-8,11-13H,5,9-10H2,1-4H3,(H2,18,19,20). The van der Waals surface area contributed by atoms with E-state index in [1.165, 1.54) is 9.88 Å². The molecule has 1 atom stereocenters. The van der Waals surface area contributed by atoms with Gasteiger partial charge in [-0.05, 0) is 18.4 Å². The summed E-state index contributed by atoms with van der Waals surface area (Å²) in [6, 6.07) is 4.29. The summed E-state index contributed by atoms with van der Waals surface area (Å²) in [5.74, 6) is 1.82. The van der Waals surface area contributed by atoms with Crippen molar-refractivity contribution in [2.45, 2.75) is 46.1 Å². The SMILES string of the molecule is CCNC(=NCc1csc(C(C)C)n1)NCC(C)c1cccs1. The van der Waals surface area contributed by atoms with Crippen molar-refractivity contribution >= 4 is 28.6 Å². The van der Waals surface area contributed by atoms with E-state index in [2.05, 4.69) is 71.2 Å². The molecule has 4 nitrogen and oxygen atoms in total. The zero-order valence-electron chi connectivity index (χ0n) is 14.3. The molecule has 0 spiro atoms. The predicted molar refractivity (Wildman–Crippen MR) is 102 cm³/mol. The Morgan fingerprint density at radius 3 is 2.70 bits per heavy atom. The van der Waals surface area contributed by atoms with Crippen molar-refractivity contribution in [3.63, 3.8) is 0 Å². The number of aromatic nitrogens is 1. The van der Waals surface area contributed by atoms with E-state index in [9.17, 15) is 0 Å². The first-order valence-electron chi connectivity index (χ1n) is 8.10. The van der Waals surface area contributed by atoms with Gasteiger partial charge in [0.15, 0.2) is 5.96 Å². The molecule has 0 aliphatic carbocycles. The van der Waals surface area contributed by atoms with E-state index >= 15 is 0 Å². The Morgan fingerprint density at radius 1 is 1.26 bits per heavy atom. The molecule has 1 unspecified atom stereocenters. The summed E-state index contributed by atoms with van der Waals surface area (Å²) in [6.45, 7) is 11.0. The normalized spacial score (nSPS) is 13.3. The first-order valence-corrected chi connectivity index (χ1v) is 9.86. The molecule has 0 aliphatic heterocycles. The number of hydrogen-bond acceptors (Lipinski definition) is 4. The molecule has 0 aliphatic rings. The average Bonchev–Trinajstić information content (AvgIpc) is 3.20. The third-order valence-corrected chi connectivity index (χ3v) is 5.71. The van der Waals surface area contributed by atoms with Crippen LogP contribution in [0, 0.1) is 0 Å². The van der Waals surface area contributed by atoms with E-state index in [0.29, 0.717) is 18.4 Å². The third-order valence-electron chi connectivity index (χ3n) is 3.41. The van der Waals surface area contributed by atoms with Gasteiger partial charge in [-0.3, -0.25) is 0 Å². The summed E-state index contributed by atoms with van der Waals surface area (Å²) in [5.41, 5.74) is 1.04. The lowest BCUT2D eigenvalue weighted by molar-refractivity contribution is 0.708. The lowest BCUT2D eigenvalue weighted by Crippen LogP contribution is -2.39. The number of thiophene rings is 1. The fourth-order valence-corrected chi connectivity index (χ4v) is 3.70. The number of nitrogens with one attached hydrogen (secondary N) is 2. The largest absolute Gasteiger partial charge is 0.357 e. The molecule has 2 rings (SSSR count). The van der Waals surface area contributed by atoms with Crippen LogP contribution in [0.2, 0.25) is 0 Å². The predicted octanol–water partition coefficient (Wildman–Crippen LogP) is 4.19. The van der Waals surface area contributed by atoms with Gasteiger partial charge in [-0.15, -0.1) is 22.7 Å². The summed E-state index contributed by atoms with van der Waals surface area (Å²) < 4.78 is 0. The van der Waals surface area contributed by atoms with Crippen molar-refractivity contribution in [2.24, 2.45) is 4.99 Å². The highest BCUT2D eigenvalue weighted by Crippen LogP contribution is 2.20. The van der Waals surface area contributed by atoms with Crippen LogP contribution in [0.3, 0.4) is 0 Å². The highest BCUT2D eigenvalue weighted by atomic mass is 32.1. The van der Waals surface area contributed by atoms with Gasteiger partial charge >= 0.3 is 0 Å². The molecule has 2 heterocycles. The molecule has 2 aromatic heterocycles. The Labute approximate surface area is 147 Å². The average molecular weight is 351 g/mol. The lowest BCUT2D eigenvalue weighted by Gasteiger charge is -2.14. The van der Waals surface area contributed by atoms with E-state index in [4.69, 9.17) is 0 Å². The van der Waals surface area contributed by atoms with Crippen molar-refractivity contribution in [3.05, 3.63) is 38.5 Å². The molecule has 0 bridgehead atoms. The Morgan fingerprint density at radius 2 is 2.09 bits per heavy atom. The van der Waals surface area contributed by atoms with Crippen LogP contribution in [-0.4, -0.2) is 24.0 Å². The smallest absolute Gasteiger partial charge is 0.191 e. The highest BCUT2D eigenvalue weighted by molar-refractivity contribution is 7.10. The molecule has 126 valence electrons. The van der Waals surface area contributed by atoms with Crippen molar-refractivity contribution < 1.29 is 0 Å². The van der Waals surface area contributed by atoms with Crippen molar-refractivity contribution in [1.82, 2.24) is 15.6 Å². The number of thiazole rings is 1. The highest BCUT2D eigenvalue weighted by Gasteiger charge is 2.08. The van der Waals surface area contributed by atoms with Gasteiger partial charge in [0.1, 0.15) is 0 Å². The molecule has 0 aromatic carbocycles. The van der Waals surface area contributed by atoms with E-state index < -0.39 is 0 Å². The molecule has 0 fully saturated rings. The second-order valence-corrected chi connectivity index (χ2v) is 7.69. The first kappa shape index (κ1) is 17.9. The molecule has 2 N–H and O–H groups in total. The Balaban J connectivity index is 1.91. The number of nitrogens with zero attached hydrogens (tertiary/aromatic N) is 2. The van der Waals surface area contributed by atoms with Gasteiger partial charge in [0.05, 0.1) is 17.2 Å². The minimum Gasteiger partial charge on any atom is -0.357 e. The van der Waals surface area contributed by atoms with Gasteiger partial charge in [0.2, 0.25) is 0 Å². The van der Waals surface area contributed by atoms with Crippen LogP contribution in [0.1, 0.15) is 55.1 Å².